The van der Waals surface area contributed by atoms with Gasteiger partial charge in [0.15, 0.2) is 0 Å². The molecule has 0 saturated heterocycles. The molecule has 0 bridgehead atoms. The summed E-state index contributed by atoms with van der Waals surface area (Å²) in [6, 6.07) is 11.5. The van der Waals surface area contributed by atoms with Gasteiger partial charge in [-0.05, 0) is 25.1 Å². The van der Waals surface area contributed by atoms with Crippen LogP contribution in [0.2, 0.25) is 0 Å². The first-order valence-electron chi connectivity index (χ1n) is 6.76. The van der Waals surface area contributed by atoms with Crippen molar-refractivity contribution in [1.82, 2.24) is 0 Å². The summed E-state index contributed by atoms with van der Waals surface area (Å²) in [6.07, 6.45) is 0. The van der Waals surface area contributed by atoms with Crippen LogP contribution in [0.15, 0.2) is 48.5 Å². The number of carbonyl (C=O) groups excluding carboxylic acids is 2. The summed E-state index contributed by atoms with van der Waals surface area (Å²) < 4.78 is 10.0. The lowest BCUT2D eigenvalue weighted by Gasteiger charge is -2.09. The monoisotopic (exact) mass is 315 g/mol. The molecule has 2 aromatic carbocycles. The topological polar surface area (TPSA) is 95.7 Å². The van der Waals surface area contributed by atoms with Crippen LogP contribution in [0.5, 0.6) is 5.75 Å². The van der Waals surface area contributed by atoms with Gasteiger partial charge in [0.1, 0.15) is 16.9 Å². The Hall–Kier alpha value is -3.22. The van der Waals surface area contributed by atoms with Crippen LogP contribution in [0.4, 0.5) is 5.69 Å². The number of carbonyl (C=O) groups is 2. The Morgan fingerprint density at radius 3 is 2.22 bits per heavy atom. The Morgan fingerprint density at radius 2 is 1.57 bits per heavy atom. The number of nitro benzene ring substituents is 1. The van der Waals surface area contributed by atoms with Gasteiger partial charge in [-0.15, -0.1) is 0 Å². The van der Waals surface area contributed by atoms with Crippen LogP contribution in [-0.2, 0) is 4.74 Å². The Bertz CT molecular complexity index is 756. The highest BCUT2D eigenvalue weighted by molar-refractivity contribution is 6.05. The van der Waals surface area contributed by atoms with E-state index < -0.39 is 22.5 Å². The summed E-state index contributed by atoms with van der Waals surface area (Å²) in [5.74, 6) is -1.75. The van der Waals surface area contributed by atoms with Gasteiger partial charge in [0.05, 0.1) is 11.5 Å². The fraction of sp³-hybridized carbons (Fsp3) is 0.125. The van der Waals surface area contributed by atoms with Gasteiger partial charge in [0.25, 0.3) is 5.69 Å². The molecule has 2 rings (SSSR count). The smallest absolute Gasteiger partial charge is 0.353 e. The summed E-state index contributed by atoms with van der Waals surface area (Å²) in [5.41, 5.74) is -0.649. The van der Waals surface area contributed by atoms with Gasteiger partial charge in [0, 0.05) is 6.07 Å². The predicted molar refractivity (Wildman–Crippen MR) is 80.5 cm³/mol. The number of nitro groups is 1. The van der Waals surface area contributed by atoms with Crippen molar-refractivity contribution in [3.8, 4) is 5.75 Å². The minimum absolute atomic E-state index is 0.0706. The SMILES string of the molecule is CCOc1ccccc1C(=O)OC(=O)c1ccccc1[N+](=O)[O-]. The molecule has 0 atom stereocenters. The van der Waals surface area contributed by atoms with Crippen LogP contribution in [0, 0.1) is 10.1 Å². The Kier molecular flexibility index (Phi) is 5.03. The second-order valence-corrected chi connectivity index (χ2v) is 4.38. The number of benzene rings is 2. The van der Waals surface area contributed by atoms with Gasteiger partial charge >= 0.3 is 11.9 Å². The molecule has 0 aromatic heterocycles. The zero-order valence-electron chi connectivity index (χ0n) is 12.2. The zero-order chi connectivity index (χ0) is 16.8. The first-order valence-corrected chi connectivity index (χ1v) is 6.76. The molecule has 0 fully saturated rings. The molecule has 0 aliphatic heterocycles. The third kappa shape index (κ3) is 3.70. The van der Waals surface area contributed by atoms with Crippen LogP contribution in [-0.4, -0.2) is 23.5 Å². The maximum atomic E-state index is 12.1. The normalized spacial score (nSPS) is 9.96. The number of esters is 2. The number of hydrogen-bond acceptors (Lipinski definition) is 6. The van der Waals surface area contributed by atoms with Crippen molar-refractivity contribution in [2.45, 2.75) is 6.92 Å². The Labute approximate surface area is 131 Å². The van der Waals surface area contributed by atoms with Gasteiger partial charge < -0.3 is 9.47 Å². The lowest BCUT2D eigenvalue weighted by Crippen LogP contribution is -2.15. The van der Waals surface area contributed by atoms with Crippen LogP contribution in [0.1, 0.15) is 27.6 Å². The minimum Gasteiger partial charge on any atom is -0.493 e. The average molecular weight is 315 g/mol. The number of nitrogens with zero attached hydrogens (tertiary/aromatic N) is 1. The maximum Gasteiger partial charge on any atom is 0.353 e. The fourth-order valence-corrected chi connectivity index (χ4v) is 1.92. The van der Waals surface area contributed by atoms with E-state index in [0.717, 1.165) is 6.07 Å². The van der Waals surface area contributed by atoms with Crippen LogP contribution < -0.4 is 4.74 Å². The molecule has 0 N–H and O–H groups in total. The number of rotatable bonds is 5. The number of para-hydroxylation sites is 2. The van der Waals surface area contributed by atoms with Gasteiger partial charge in [0.2, 0.25) is 0 Å². The second-order valence-electron chi connectivity index (χ2n) is 4.38. The van der Waals surface area contributed by atoms with E-state index in [4.69, 9.17) is 9.47 Å². The maximum absolute atomic E-state index is 12.1. The van der Waals surface area contributed by atoms with E-state index in [1.54, 1.807) is 25.1 Å². The molecule has 0 radical (unpaired) electrons. The third-order valence-corrected chi connectivity index (χ3v) is 2.91. The van der Waals surface area contributed by atoms with E-state index in [2.05, 4.69) is 0 Å². The molecule has 0 saturated carbocycles. The van der Waals surface area contributed by atoms with Gasteiger partial charge in [-0.3, -0.25) is 10.1 Å². The molecule has 7 nitrogen and oxygen atoms in total. The summed E-state index contributed by atoms with van der Waals surface area (Å²) in [6.45, 7) is 2.09. The van der Waals surface area contributed by atoms with E-state index in [-0.39, 0.29) is 16.9 Å². The second kappa shape index (κ2) is 7.17. The Morgan fingerprint density at radius 1 is 1.00 bits per heavy atom. The quantitative estimate of drug-likeness (QED) is 0.364. The molecule has 0 aliphatic rings. The molecule has 118 valence electrons. The fourth-order valence-electron chi connectivity index (χ4n) is 1.92. The Balaban J connectivity index is 2.24. The number of hydrogen-bond donors (Lipinski definition) is 0. The van der Waals surface area contributed by atoms with Gasteiger partial charge in [-0.2, -0.15) is 0 Å². The molecule has 0 unspecified atom stereocenters. The molecular weight excluding hydrogens is 302 g/mol. The molecule has 23 heavy (non-hydrogen) atoms. The van der Waals surface area contributed by atoms with Crippen molar-refractivity contribution < 1.29 is 24.0 Å². The lowest BCUT2D eigenvalue weighted by molar-refractivity contribution is -0.385. The minimum atomic E-state index is -1.09. The predicted octanol–water partition coefficient (Wildman–Crippen LogP) is 2.99. The van der Waals surface area contributed by atoms with Gasteiger partial charge in [-0.1, -0.05) is 24.3 Å². The van der Waals surface area contributed by atoms with E-state index in [0.29, 0.717) is 6.61 Å². The van der Waals surface area contributed by atoms with Crippen molar-refractivity contribution >= 4 is 17.6 Å². The number of ether oxygens (including phenoxy) is 2. The lowest BCUT2D eigenvalue weighted by atomic mass is 10.2. The van der Waals surface area contributed by atoms with E-state index in [1.807, 2.05) is 0 Å². The van der Waals surface area contributed by atoms with E-state index in [1.165, 1.54) is 24.3 Å². The molecule has 7 heteroatoms. The first kappa shape index (κ1) is 16.2. The van der Waals surface area contributed by atoms with Crippen molar-refractivity contribution in [2.75, 3.05) is 6.61 Å². The summed E-state index contributed by atoms with van der Waals surface area (Å²) in [4.78, 5) is 34.3. The molecule has 0 heterocycles. The highest BCUT2D eigenvalue weighted by Gasteiger charge is 2.24. The van der Waals surface area contributed by atoms with Crippen LogP contribution >= 0.6 is 0 Å². The third-order valence-electron chi connectivity index (χ3n) is 2.91. The highest BCUT2D eigenvalue weighted by atomic mass is 16.6. The molecule has 0 amide bonds. The van der Waals surface area contributed by atoms with Crippen molar-refractivity contribution in [3.05, 3.63) is 69.8 Å². The van der Waals surface area contributed by atoms with Gasteiger partial charge in [-0.25, -0.2) is 9.59 Å². The zero-order valence-corrected chi connectivity index (χ0v) is 12.2. The largest absolute Gasteiger partial charge is 0.493 e. The van der Waals surface area contributed by atoms with Crippen LogP contribution in [0.3, 0.4) is 0 Å². The summed E-state index contributed by atoms with van der Waals surface area (Å²) >= 11 is 0. The van der Waals surface area contributed by atoms with E-state index in [9.17, 15) is 19.7 Å². The van der Waals surface area contributed by atoms with Crippen LogP contribution in [0.25, 0.3) is 0 Å². The molecule has 0 aliphatic carbocycles. The van der Waals surface area contributed by atoms with Crippen molar-refractivity contribution in [1.29, 1.82) is 0 Å². The molecule has 0 spiro atoms. The summed E-state index contributed by atoms with van der Waals surface area (Å²) in [7, 11) is 0. The van der Waals surface area contributed by atoms with Crippen molar-refractivity contribution in [3.63, 3.8) is 0 Å². The first-order chi connectivity index (χ1) is 11.0. The average Bonchev–Trinajstić information content (AvgIpc) is 2.55. The standard InChI is InChI=1S/C16H13NO6/c1-2-22-14-10-6-4-8-12(14)16(19)23-15(18)11-7-3-5-9-13(11)17(20)21/h3-10H,2H2,1H3. The van der Waals surface area contributed by atoms with Crippen molar-refractivity contribution in [2.24, 2.45) is 0 Å². The highest BCUT2D eigenvalue weighted by Crippen LogP contribution is 2.22. The molecule has 2 aromatic rings. The van der Waals surface area contributed by atoms with E-state index >= 15 is 0 Å². The summed E-state index contributed by atoms with van der Waals surface area (Å²) in [5, 5.41) is 10.9. The molecular formula is C16H13NO6.